The van der Waals surface area contributed by atoms with Crippen molar-refractivity contribution in [1.29, 1.82) is 0 Å². The van der Waals surface area contributed by atoms with E-state index in [-0.39, 0.29) is 13.1 Å². The maximum absolute atomic E-state index is 11.4. The molecule has 0 saturated heterocycles. The Kier molecular flexibility index (Phi) is 5.43. The number of hydrogen-bond donors (Lipinski definition) is 3. The molecule has 8 heteroatoms. The standard InChI is InChI=1S/C6H11F3N2O3/c7-6(8,9)14-2-1-11-3-4(12)5(10)13/h4,11-12H,1-3H2,(H2,10,13). The molecule has 1 atom stereocenters. The van der Waals surface area contributed by atoms with Crippen LogP contribution < -0.4 is 11.1 Å². The highest BCUT2D eigenvalue weighted by Crippen LogP contribution is 2.14. The number of hydrogen-bond acceptors (Lipinski definition) is 4. The smallest absolute Gasteiger partial charge is 0.382 e. The van der Waals surface area contributed by atoms with Crippen molar-refractivity contribution >= 4 is 5.91 Å². The van der Waals surface area contributed by atoms with Gasteiger partial charge in [0.2, 0.25) is 5.91 Å². The van der Waals surface area contributed by atoms with E-state index in [0.717, 1.165) is 0 Å². The zero-order valence-corrected chi connectivity index (χ0v) is 7.17. The molecule has 0 saturated carbocycles. The lowest BCUT2D eigenvalue weighted by Crippen LogP contribution is -2.39. The highest BCUT2D eigenvalue weighted by molar-refractivity contribution is 5.78. The molecule has 5 nitrogen and oxygen atoms in total. The summed E-state index contributed by atoms with van der Waals surface area (Å²) in [6.45, 7) is -0.921. The van der Waals surface area contributed by atoms with Crippen molar-refractivity contribution < 1.29 is 27.8 Å². The molecule has 0 aliphatic rings. The van der Waals surface area contributed by atoms with Crippen molar-refractivity contribution in [3.8, 4) is 0 Å². The fourth-order valence-electron chi connectivity index (χ4n) is 0.578. The summed E-state index contributed by atoms with van der Waals surface area (Å²) in [5.41, 5.74) is 4.68. The van der Waals surface area contributed by atoms with Gasteiger partial charge in [-0.1, -0.05) is 0 Å². The summed E-state index contributed by atoms with van der Waals surface area (Å²) in [5, 5.41) is 11.1. The second-order valence-corrected chi connectivity index (χ2v) is 2.42. The van der Waals surface area contributed by atoms with Gasteiger partial charge in [0.05, 0.1) is 6.61 Å². The molecule has 0 rings (SSSR count). The Morgan fingerprint density at radius 1 is 1.57 bits per heavy atom. The van der Waals surface area contributed by atoms with E-state index in [1.807, 2.05) is 0 Å². The van der Waals surface area contributed by atoms with Crippen LogP contribution in [0, 0.1) is 0 Å². The minimum absolute atomic E-state index is 0.135. The lowest BCUT2D eigenvalue weighted by atomic mass is 10.3. The molecule has 4 N–H and O–H groups in total. The molecule has 0 aromatic rings. The van der Waals surface area contributed by atoms with Crippen LogP contribution >= 0.6 is 0 Å². The second-order valence-electron chi connectivity index (χ2n) is 2.42. The summed E-state index contributed by atoms with van der Waals surface area (Å²) < 4.78 is 37.6. The van der Waals surface area contributed by atoms with E-state index < -0.39 is 25.0 Å². The summed E-state index contributed by atoms with van der Waals surface area (Å²) in [5.74, 6) is -0.936. The maximum atomic E-state index is 11.4. The first-order valence-electron chi connectivity index (χ1n) is 3.71. The van der Waals surface area contributed by atoms with E-state index in [4.69, 9.17) is 5.11 Å². The van der Waals surface area contributed by atoms with E-state index in [1.54, 1.807) is 0 Å². The summed E-state index contributed by atoms with van der Waals surface area (Å²) in [6, 6.07) is 0. The molecule has 0 bridgehead atoms. The fraction of sp³-hybridized carbons (Fsp3) is 0.833. The Balaban J connectivity index is 3.35. The summed E-state index contributed by atoms with van der Waals surface area (Å²) >= 11 is 0. The number of ether oxygens (including phenoxy) is 1. The predicted molar refractivity (Wildman–Crippen MR) is 40.1 cm³/mol. The average molecular weight is 216 g/mol. The van der Waals surface area contributed by atoms with Crippen LogP contribution in [0.25, 0.3) is 0 Å². The van der Waals surface area contributed by atoms with Gasteiger partial charge in [-0.05, 0) is 0 Å². The number of alkyl halides is 3. The first-order chi connectivity index (χ1) is 6.33. The van der Waals surface area contributed by atoms with E-state index in [1.165, 1.54) is 0 Å². The highest BCUT2D eigenvalue weighted by atomic mass is 19.4. The lowest BCUT2D eigenvalue weighted by Gasteiger charge is -2.09. The first kappa shape index (κ1) is 13.1. The number of nitrogens with one attached hydrogen (secondary N) is 1. The van der Waals surface area contributed by atoms with Crippen molar-refractivity contribution in [2.24, 2.45) is 5.73 Å². The van der Waals surface area contributed by atoms with E-state index in [0.29, 0.717) is 0 Å². The maximum Gasteiger partial charge on any atom is 0.522 e. The van der Waals surface area contributed by atoms with Gasteiger partial charge in [-0.3, -0.25) is 9.53 Å². The molecular formula is C6H11F3N2O3. The van der Waals surface area contributed by atoms with Crippen LogP contribution in [0.4, 0.5) is 13.2 Å². The Morgan fingerprint density at radius 3 is 2.57 bits per heavy atom. The molecule has 0 fully saturated rings. The number of carbonyl (C=O) groups excluding carboxylic acids is 1. The number of rotatable bonds is 6. The Morgan fingerprint density at radius 2 is 2.14 bits per heavy atom. The van der Waals surface area contributed by atoms with Crippen LogP contribution in [0.5, 0.6) is 0 Å². The molecule has 0 aromatic heterocycles. The minimum Gasteiger partial charge on any atom is -0.382 e. The van der Waals surface area contributed by atoms with Gasteiger partial charge in [0.25, 0.3) is 0 Å². The van der Waals surface area contributed by atoms with E-state index in [9.17, 15) is 18.0 Å². The molecule has 1 amide bonds. The number of carbonyl (C=O) groups is 1. The zero-order chi connectivity index (χ0) is 11.2. The average Bonchev–Trinajstić information content (AvgIpc) is 2.01. The molecule has 0 aromatic carbocycles. The normalized spacial score (nSPS) is 14.0. The van der Waals surface area contributed by atoms with Gasteiger partial charge >= 0.3 is 6.36 Å². The van der Waals surface area contributed by atoms with Crippen molar-refractivity contribution in [3.05, 3.63) is 0 Å². The molecule has 1 unspecified atom stereocenters. The van der Waals surface area contributed by atoms with Gasteiger partial charge in [-0.25, -0.2) is 0 Å². The van der Waals surface area contributed by atoms with Gasteiger partial charge in [0.1, 0.15) is 6.10 Å². The number of aliphatic hydroxyl groups excluding tert-OH is 1. The van der Waals surface area contributed by atoms with Gasteiger partial charge in [0.15, 0.2) is 0 Å². The monoisotopic (exact) mass is 216 g/mol. The zero-order valence-electron chi connectivity index (χ0n) is 7.17. The number of halogens is 3. The molecule has 14 heavy (non-hydrogen) atoms. The summed E-state index contributed by atoms with van der Waals surface area (Å²) in [6.07, 6.45) is -6.06. The number of amides is 1. The molecule has 84 valence electrons. The van der Waals surface area contributed by atoms with Crippen molar-refractivity contribution in [1.82, 2.24) is 5.32 Å². The third-order valence-corrected chi connectivity index (χ3v) is 1.21. The summed E-state index contributed by atoms with van der Waals surface area (Å²) in [4.78, 5) is 10.2. The number of primary amides is 1. The third kappa shape index (κ3) is 7.77. The molecule has 0 radical (unpaired) electrons. The molecule has 0 spiro atoms. The Hall–Kier alpha value is -0.860. The topological polar surface area (TPSA) is 84.6 Å². The highest BCUT2D eigenvalue weighted by Gasteiger charge is 2.28. The van der Waals surface area contributed by atoms with Crippen LogP contribution in [0.3, 0.4) is 0 Å². The van der Waals surface area contributed by atoms with Crippen molar-refractivity contribution in [2.45, 2.75) is 12.5 Å². The van der Waals surface area contributed by atoms with E-state index >= 15 is 0 Å². The third-order valence-electron chi connectivity index (χ3n) is 1.21. The summed E-state index contributed by atoms with van der Waals surface area (Å²) in [7, 11) is 0. The second kappa shape index (κ2) is 5.78. The molecule has 0 aliphatic heterocycles. The SMILES string of the molecule is NC(=O)C(O)CNCCOC(F)(F)F. The fourth-order valence-corrected chi connectivity index (χ4v) is 0.578. The minimum atomic E-state index is -4.66. The van der Waals surface area contributed by atoms with Crippen LogP contribution in [-0.2, 0) is 9.53 Å². The van der Waals surface area contributed by atoms with Crippen LogP contribution in [-0.4, -0.2) is 43.2 Å². The van der Waals surface area contributed by atoms with Gasteiger partial charge in [0, 0.05) is 13.1 Å². The molecule has 0 heterocycles. The number of aliphatic hydroxyl groups is 1. The van der Waals surface area contributed by atoms with Gasteiger partial charge < -0.3 is 16.2 Å². The lowest BCUT2D eigenvalue weighted by molar-refractivity contribution is -0.323. The van der Waals surface area contributed by atoms with Gasteiger partial charge in [-0.2, -0.15) is 0 Å². The quantitative estimate of drug-likeness (QED) is 0.495. The first-order valence-corrected chi connectivity index (χ1v) is 3.71. The van der Waals surface area contributed by atoms with Crippen LogP contribution in [0.1, 0.15) is 0 Å². The van der Waals surface area contributed by atoms with Gasteiger partial charge in [-0.15, -0.1) is 13.2 Å². The Bertz CT molecular complexity index is 186. The van der Waals surface area contributed by atoms with Crippen molar-refractivity contribution in [3.63, 3.8) is 0 Å². The number of nitrogens with two attached hydrogens (primary N) is 1. The molecule has 0 aliphatic carbocycles. The Labute approximate surface area is 78.0 Å². The molecular weight excluding hydrogens is 205 g/mol. The van der Waals surface area contributed by atoms with Crippen molar-refractivity contribution in [2.75, 3.05) is 19.7 Å². The predicted octanol–water partition coefficient (Wildman–Crippen LogP) is -1.04. The van der Waals surface area contributed by atoms with Crippen LogP contribution in [0.15, 0.2) is 0 Å². The van der Waals surface area contributed by atoms with Crippen LogP contribution in [0.2, 0.25) is 0 Å². The largest absolute Gasteiger partial charge is 0.522 e. The van der Waals surface area contributed by atoms with E-state index in [2.05, 4.69) is 15.8 Å².